The van der Waals surface area contributed by atoms with E-state index in [1.807, 2.05) is 0 Å². The summed E-state index contributed by atoms with van der Waals surface area (Å²) in [5.74, 6) is 3.26. The summed E-state index contributed by atoms with van der Waals surface area (Å²) in [5, 5.41) is 14.6. The number of terminal acetylenes is 1. The van der Waals surface area contributed by atoms with E-state index >= 15 is 0 Å². The molecule has 2 aromatic heterocycles. The summed E-state index contributed by atoms with van der Waals surface area (Å²) in [4.78, 5) is 20.1. The molecule has 0 aliphatic carbocycles. The smallest absolute Gasteiger partial charge is 0.246 e. The van der Waals surface area contributed by atoms with E-state index in [0.717, 1.165) is 5.56 Å². The minimum Gasteiger partial charge on any atom is -0.347 e. The molecule has 0 saturated carbocycles. The van der Waals surface area contributed by atoms with E-state index in [9.17, 15) is 4.79 Å². The first-order chi connectivity index (χ1) is 11.7. The fourth-order valence-corrected chi connectivity index (χ4v) is 2.19. The molecule has 1 N–H and O–H groups in total. The lowest BCUT2D eigenvalue weighted by molar-refractivity contribution is -0.121. The van der Waals surface area contributed by atoms with Crippen LogP contribution in [0.25, 0.3) is 11.4 Å². The Bertz CT molecular complexity index is 771. The molecule has 3 rings (SSSR count). The first kappa shape index (κ1) is 15.8. The third-order valence-electron chi connectivity index (χ3n) is 3.65. The van der Waals surface area contributed by atoms with Gasteiger partial charge in [-0.05, 0) is 12.1 Å². The zero-order valence-corrected chi connectivity index (χ0v) is 13.0. The first-order valence-corrected chi connectivity index (χ1v) is 7.58. The summed E-state index contributed by atoms with van der Waals surface area (Å²) in [6, 6.07) is 3.57. The Balaban J connectivity index is 1.44. The molecule has 2 aromatic rings. The van der Waals surface area contributed by atoms with E-state index in [1.165, 1.54) is 0 Å². The van der Waals surface area contributed by atoms with Crippen LogP contribution in [0.1, 0.15) is 31.6 Å². The van der Waals surface area contributed by atoms with Gasteiger partial charge in [0.1, 0.15) is 0 Å². The second-order valence-corrected chi connectivity index (χ2v) is 5.41. The Hall–Kier alpha value is -3.08. The molecule has 0 atom stereocenters. The molecule has 0 saturated heterocycles. The number of nitrogens with zero attached hydrogens (tertiary/aromatic N) is 5. The van der Waals surface area contributed by atoms with Crippen LogP contribution in [0.2, 0.25) is 0 Å². The van der Waals surface area contributed by atoms with Crippen LogP contribution in [-0.4, -0.2) is 26.7 Å². The van der Waals surface area contributed by atoms with Crippen LogP contribution >= 0.6 is 0 Å². The van der Waals surface area contributed by atoms with Gasteiger partial charge in [-0.2, -0.15) is 15.2 Å². The molecule has 122 valence electrons. The number of aromatic nitrogens is 3. The van der Waals surface area contributed by atoms with Crippen molar-refractivity contribution < 1.29 is 9.32 Å². The van der Waals surface area contributed by atoms with Crippen LogP contribution in [0.3, 0.4) is 0 Å². The summed E-state index contributed by atoms with van der Waals surface area (Å²) in [5.41, 5.74) is 0.363. The SMILES string of the molecule is C#CCCC1(CCC(=O)NCc2nc(-c3ccncc3)no2)N=N1. The Morgan fingerprint density at radius 2 is 2.08 bits per heavy atom. The van der Waals surface area contributed by atoms with Crippen LogP contribution in [0.5, 0.6) is 0 Å². The number of hydrogen-bond donors (Lipinski definition) is 1. The van der Waals surface area contributed by atoms with Crippen molar-refractivity contribution in [3.8, 4) is 23.7 Å². The van der Waals surface area contributed by atoms with E-state index in [-0.39, 0.29) is 12.5 Å². The predicted molar refractivity (Wildman–Crippen MR) is 84.3 cm³/mol. The fraction of sp³-hybridized carbons (Fsp3) is 0.375. The summed E-state index contributed by atoms with van der Waals surface area (Å²) >= 11 is 0. The van der Waals surface area contributed by atoms with Crippen molar-refractivity contribution in [3.63, 3.8) is 0 Å². The summed E-state index contributed by atoms with van der Waals surface area (Å²) < 4.78 is 5.12. The fourth-order valence-electron chi connectivity index (χ4n) is 2.19. The topological polar surface area (TPSA) is 106 Å². The van der Waals surface area contributed by atoms with Crippen LogP contribution in [0.4, 0.5) is 0 Å². The highest BCUT2D eigenvalue weighted by molar-refractivity contribution is 5.75. The molecule has 1 aliphatic heterocycles. The van der Waals surface area contributed by atoms with Crippen molar-refractivity contribution >= 4 is 5.91 Å². The molecule has 8 nitrogen and oxygen atoms in total. The van der Waals surface area contributed by atoms with Gasteiger partial charge in [0, 0.05) is 43.6 Å². The lowest BCUT2D eigenvalue weighted by Gasteiger charge is -2.08. The normalized spacial score (nSPS) is 14.1. The largest absolute Gasteiger partial charge is 0.347 e. The maximum absolute atomic E-state index is 11.9. The lowest BCUT2D eigenvalue weighted by Crippen LogP contribution is -2.25. The number of hydrogen-bond acceptors (Lipinski definition) is 7. The van der Waals surface area contributed by atoms with Gasteiger partial charge in [0.2, 0.25) is 17.6 Å². The number of rotatable bonds is 8. The van der Waals surface area contributed by atoms with Gasteiger partial charge in [0.05, 0.1) is 6.54 Å². The third kappa shape index (κ3) is 4.01. The van der Waals surface area contributed by atoms with E-state index in [2.05, 4.69) is 36.6 Å². The number of pyridine rings is 1. The number of nitrogens with one attached hydrogen (secondary N) is 1. The highest BCUT2D eigenvalue weighted by Crippen LogP contribution is 2.37. The molecular formula is C16H16N6O2. The Kier molecular flexibility index (Phi) is 4.61. The second-order valence-electron chi connectivity index (χ2n) is 5.41. The average Bonchev–Trinajstić information content (AvgIpc) is 3.23. The molecule has 0 fully saturated rings. The molecule has 0 radical (unpaired) electrons. The monoisotopic (exact) mass is 324 g/mol. The van der Waals surface area contributed by atoms with E-state index < -0.39 is 5.66 Å². The summed E-state index contributed by atoms with van der Waals surface area (Å²) in [6.07, 6.45) is 10.7. The van der Waals surface area contributed by atoms with Gasteiger partial charge < -0.3 is 9.84 Å². The molecule has 0 aromatic carbocycles. The van der Waals surface area contributed by atoms with Gasteiger partial charge >= 0.3 is 0 Å². The van der Waals surface area contributed by atoms with E-state index in [0.29, 0.717) is 37.4 Å². The Morgan fingerprint density at radius 3 is 2.79 bits per heavy atom. The first-order valence-electron chi connectivity index (χ1n) is 7.58. The van der Waals surface area contributed by atoms with Gasteiger partial charge in [-0.15, -0.1) is 12.3 Å². The molecule has 1 amide bonds. The zero-order chi connectivity index (χ0) is 16.8. The third-order valence-corrected chi connectivity index (χ3v) is 3.65. The van der Waals surface area contributed by atoms with Crippen LogP contribution < -0.4 is 5.32 Å². The highest BCUT2D eigenvalue weighted by atomic mass is 16.5. The number of carbonyl (C=O) groups is 1. The van der Waals surface area contributed by atoms with Crippen molar-refractivity contribution in [2.24, 2.45) is 10.2 Å². The van der Waals surface area contributed by atoms with Crippen LogP contribution in [0, 0.1) is 12.3 Å². The highest BCUT2D eigenvalue weighted by Gasteiger charge is 2.39. The molecule has 8 heteroatoms. The van der Waals surface area contributed by atoms with E-state index in [1.54, 1.807) is 24.5 Å². The van der Waals surface area contributed by atoms with Gasteiger partial charge in [-0.1, -0.05) is 5.16 Å². The molecule has 24 heavy (non-hydrogen) atoms. The van der Waals surface area contributed by atoms with Gasteiger partial charge in [0.15, 0.2) is 5.66 Å². The minimum atomic E-state index is -0.442. The van der Waals surface area contributed by atoms with Gasteiger partial charge in [0.25, 0.3) is 0 Å². The van der Waals surface area contributed by atoms with Gasteiger partial charge in [-0.3, -0.25) is 9.78 Å². The van der Waals surface area contributed by atoms with Gasteiger partial charge in [-0.25, -0.2) is 0 Å². The van der Waals surface area contributed by atoms with Crippen molar-refractivity contribution in [3.05, 3.63) is 30.4 Å². The zero-order valence-electron chi connectivity index (χ0n) is 13.0. The average molecular weight is 324 g/mol. The van der Waals surface area contributed by atoms with Crippen LogP contribution in [0.15, 0.2) is 39.3 Å². The minimum absolute atomic E-state index is 0.115. The molecule has 3 heterocycles. The Morgan fingerprint density at radius 1 is 1.29 bits per heavy atom. The van der Waals surface area contributed by atoms with Crippen molar-refractivity contribution in [1.29, 1.82) is 0 Å². The lowest BCUT2D eigenvalue weighted by atomic mass is 10.0. The predicted octanol–water partition coefficient (Wildman–Crippen LogP) is 2.10. The second kappa shape index (κ2) is 7.00. The number of amides is 1. The van der Waals surface area contributed by atoms with Crippen molar-refractivity contribution in [2.75, 3.05) is 0 Å². The molecule has 0 spiro atoms. The van der Waals surface area contributed by atoms with Crippen molar-refractivity contribution in [1.82, 2.24) is 20.4 Å². The summed E-state index contributed by atoms with van der Waals surface area (Å²) in [7, 11) is 0. The maximum Gasteiger partial charge on any atom is 0.246 e. The molecular weight excluding hydrogens is 308 g/mol. The van der Waals surface area contributed by atoms with E-state index in [4.69, 9.17) is 10.9 Å². The quantitative estimate of drug-likeness (QED) is 0.749. The Labute approximate surface area is 138 Å². The number of carbonyl (C=O) groups excluding carboxylic acids is 1. The maximum atomic E-state index is 11.9. The van der Waals surface area contributed by atoms with Crippen LogP contribution in [-0.2, 0) is 11.3 Å². The summed E-state index contributed by atoms with van der Waals surface area (Å²) in [6.45, 7) is 0.183. The molecule has 1 aliphatic rings. The van der Waals surface area contributed by atoms with Crippen molar-refractivity contribution in [2.45, 2.75) is 37.9 Å². The molecule has 0 unspecified atom stereocenters. The molecule has 0 bridgehead atoms. The standard InChI is InChI=1S/C16H16N6O2/c1-2-3-7-16(21-22-16)8-4-13(23)18-11-14-19-15(20-24-14)12-5-9-17-10-6-12/h1,5-6,9-10H,3-4,7-8,11H2,(H,18,23).